The van der Waals surface area contributed by atoms with Gasteiger partial charge in [0.25, 0.3) is 5.56 Å². The summed E-state index contributed by atoms with van der Waals surface area (Å²) in [5, 5.41) is 5.26. The molecule has 0 radical (unpaired) electrons. The molecule has 3 heterocycles. The second kappa shape index (κ2) is 4.66. The Hall–Kier alpha value is -1.31. The minimum absolute atomic E-state index is 0.114. The second-order valence-corrected chi connectivity index (χ2v) is 6.30. The molecule has 1 aliphatic heterocycles. The highest BCUT2D eigenvalue weighted by Gasteiger charge is 2.27. The molecule has 2 atom stereocenters. The third kappa shape index (κ3) is 2.41. The normalized spacial score (nSPS) is 24.4. The minimum atomic E-state index is -0.114. The summed E-state index contributed by atoms with van der Waals surface area (Å²) in [5.74, 6) is 0.512. The van der Waals surface area contributed by atoms with E-state index in [1.807, 2.05) is 6.92 Å². The van der Waals surface area contributed by atoms with E-state index in [4.69, 9.17) is 5.73 Å². The molecule has 6 nitrogen and oxygen atoms in total. The van der Waals surface area contributed by atoms with Crippen molar-refractivity contribution in [3.63, 3.8) is 0 Å². The Morgan fingerprint density at radius 2 is 2.32 bits per heavy atom. The van der Waals surface area contributed by atoms with E-state index >= 15 is 0 Å². The van der Waals surface area contributed by atoms with Gasteiger partial charge in [-0.15, -0.1) is 0 Å². The molecule has 1 aliphatic rings. The van der Waals surface area contributed by atoms with E-state index < -0.39 is 0 Å². The third-order valence-corrected chi connectivity index (χ3v) is 4.41. The Kier molecular flexibility index (Phi) is 3.12. The predicted octanol–water partition coefficient (Wildman–Crippen LogP) is 0.238. The van der Waals surface area contributed by atoms with Gasteiger partial charge in [0.05, 0.1) is 6.54 Å². The lowest BCUT2D eigenvalue weighted by molar-refractivity contribution is 0.317. The van der Waals surface area contributed by atoms with Gasteiger partial charge in [-0.25, -0.2) is 4.98 Å². The maximum atomic E-state index is 11.8. The zero-order valence-electron chi connectivity index (χ0n) is 11.0. The number of aryl methyl sites for hydroxylation is 1. The standard InChI is InChI=1S/C12H17N5OS/c1-7-4-16(5-9(7)13)6-10-15-17-11(18)3-8(2)14-12(17)19-10/h3,7,9H,4-6,13H2,1-2H3. The Balaban J connectivity index is 1.86. The number of likely N-dealkylation sites (tertiary alicyclic amines) is 1. The van der Waals surface area contributed by atoms with Crippen LogP contribution in [0.4, 0.5) is 0 Å². The van der Waals surface area contributed by atoms with Gasteiger partial charge in [0.1, 0.15) is 5.01 Å². The van der Waals surface area contributed by atoms with Crippen molar-refractivity contribution in [2.75, 3.05) is 13.1 Å². The zero-order chi connectivity index (χ0) is 13.6. The van der Waals surface area contributed by atoms with Crippen LogP contribution >= 0.6 is 11.3 Å². The molecule has 0 saturated carbocycles. The van der Waals surface area contributed by atoms with Crippen LogP contribution in [0.3, 0.4) is 0 Å². The molecule has 2 aromatic rings. The van der Waals surface area contributed by atoms with Crippen molar-refractivity contribution in [3.05, 3.63) is 27.1 Å². The van der Waals surface area contributed by atoms with Crippen LogP contribution in [-0.4, -0.2) is 38.6 Å². The second-order valence-electron chi connectivity index (χ2n) is 5.26. The molecule has 0 amide bonds. The van der Waals surface area contributed by atoms with Gasteiger partial charge in [0.2, 0.25) is 4.96 Å². The zero-order valence-corrected chi connectivity index (χ0v) is 11.9. The molecule has 1 fully saturated rings. The fraction of sp³-hybridized carbons (Fsp3) is 0.583. The fourth-order valence-corrected chi connectivity index (χ4v) is 3.43. The van der Waals surface area contributed by atoms with Gasteiger partial charge in [0.15, 0.2) is 0 Å². The Labute approximate surface area is 114 Å². The Morgan fingerprint density at radius 1 is 1.53 bits per heavy atom. The molecule has 0 aliphatic carbocycles. The minimum Gasteiger partial charge on any atom is -0.326 e. The van der Waals surface area contributed by atoms with E-state index in [-0.39, 0.29) is 11.6 Å². The molecule has 1 saturated heterocycles. The number of aromatic nitrogens is 3. The van der Waals surface area contributed by atoms with Crippen molar-refractivity contribution in [2.45, 2.75) is 26.4 Å². The van der Waals surface area contributed by atoms with Crippen molar-refractivity contribution >= 4 is 16.3 Å². The molecule has 2 aromatic heterocycles. The molecule has 0 bridgehead atoms. The van der Waals surface area contributed by atoms with E-state index in [0.29, 0.717) is 10.9 Å². The van der Waals surface area contributed by atoms with Gasteiger partial charge < -0.3 is 5.73 Å². The van der Waals surface area contributed by atoms with Crippen LogP contribution in [0.2, 0.25) is 0 Å². The first-order valence-corrected chi connectivity index (χ1v) is 7.19. The van der Waals surface area contributed by atoms with Gasteiger partial charge in [-0.1, -0.05) is 18.3 Å². The molecule has 2 unspecified atom stereocenters. The summed E-state index contributed by atoms with van der Waals surface area (Å²) in [4.78, 5) is 19.1. The summed E-state index contributed by atoms with van der Waals surface area (Å²) in [6.45, 7) is 6.60. The van der Waals surface area contributed by atoms with Gasteiger partial charge in [-0.2, -0.15) is 9.61 Å². The Morgan fingerprint density at radius 3 is 3.00 bits per heavy atom. The van der Waals surface area contributed by atoms with Gasteiger partial charge in [-0.3, -0.25) is 9.69 Å². The molecule has 0 aromatic carbocycles. The first kappa shape index (κ1) is 12.7. The number of hydrogen-bond acceptors (Lipinski definition) is 6. The van der Waals surface area contributed by atoms with Crippen molar-refractivity contribution in [1.29, 1.82) is 0 Å². The van der Waals surface area contributed by atoms with Crippen LogP contribution in [0.1, 0.15) is 17.6 Å². The average molecular weight is 279 g/mol. The van der Waals surface area contributed by atoms with Crippen LogP contribution in [0.5, 0.6) is 0 Å². The summed E-state index contributed by atoms with van der Waals surface area (Å²) >= 11 is 1.47. The van der Waals surface area contributed by atoms with Crippen LogP contribution in [0.15, 0.2) is 10.9 Å². The van der Waals surface area contributed by atoms with Gasteiger partial charge in [-0.05, 0) is 12.8 Å². The van der Waals surface area contributed by atoms with Gasteiger partial charge in [0, 0.05) is 30.9 Å². The molecular weight excluding hydrogens is 262 g/mol. The van der Waals surface area contributed by atoms with E-state index in [0.717, 1.165) is 30.3 Å². The van der Waals surface area contributed by atoms with Crippen LogP contribution in [0, 0.1) is 12.8 Å². The monoisotopic (exact) mass is 279 g/mol. The smallest absolute Gasteiger partial charge is 0.275 e. The van der Waals surface area contributed by atoms with Crippen LogP contribution in [0.25, 0.3) is 4.96 Å². The van der Waals surface area contributed by atoms with E-state index in [2.05, 4.69) is 21.9 Å². The molecule has 3 rings (SSSR count). The Bertz CT molecular complexity index is 654. The lowest BCUT2D eigenvalue weighted by Crippen LogP contribution is -2.28. The van der Waals surface area contributed by atoms with E-state index in [9.17, 15) is 4.79 Å². The number of fused-ring (bicyclic) bond motifs is 1. The van der Waals surface area contributed by atoms with Crippen molar-refractivity contribution in [2.24, 2.45) is 11.7 Å². The largest absolute Gasteiger partial charge is 0.326 e. The maximum absolute atomic E-state index is 11.8. The summed E-state index contributed by atoms with van der Waals surface area (Å²) in [5.41, 5.74) is 6.63. The van der Waals surface area contributed by atoms with Crippen molar-refractivity contribution in [3.8, 4) is 0 Å². The molecule has 102 valence electrons. The summed E-state index contributed by atoms with van der Waals surface area (Å²) in [6.07, 6.45) is 0. The first-order valence-electron chi connectivity index (χ1n) is 6.37. The highest BCUT2D eigenvalue weighted by molar-refractivity contribution is 7.16. The summed E-state index contributed by atoms with van der Waals surface area (Å²) in [7, 11) is 0. The number of nitrogens with two attached hydrogens (primary N) is 1. The third-order valence-electron chi connectivity index (χ3n) is 3.52. The lowest BCUT2D eigenvalue weighted by atomic mass is 10.1. The molecular formula is C12H17N5OS. The predicted molar refractivity (Wildman–Crippen MR) is 74.3 cm³/mol. The highest BCUT2D eigenvalue weighted by atomic mass is 32.1. The number of hydrogen-bond donors (Lipinski definition) is 1. The van der Waals surface area contributed by atoms with Crippen molar-refractivity contribution in [1.82, 2.24) is 19.5 Å². The first-order chi connectivity index (χ1) is 9.02. The number of nitrogens with zero attached hydrogens (tertiary/aromatic N) is 4. The molecule has 7 heteroatoms. The topological polar surface area (TPSA) is 76.5 Å². The van der Waals surface area contributed by atoms with Crippen LogP contribution in [-0.2, 0) is 6.54 Å². The van der Waals surface area contributed by atoms with Gasteiger partial charge >= 0.3 is 0 Å². The van der Waals surface area contributed by atoms with Crippen molar-refractivity contribution < 1.29 is 0 Å². The highest BCUT2D eigenvalue weighted by Crippen LogP contribution is 2.19. The van der Waals surface area contributed by atoms with Crippen LogP contribution < -0.4 is 11.3 Å². The summed E-state index contributed by atoms with van der Waals surface area (Å²) in [6, 6.07) is 1.74. The fourth-order valence-electron chi connectivity index (χ4n) is 2.44. The van der Waals surface area contributed by atoms with E-state index in [1.54, 1.807) is 0 Å². The lowest BCUT2D eigenvalue weighted by Gasteiger charge is -2.11. The average Bonchev–Trinajstić information content (AvgIpc) is 2.83. The quantitative estimate of drug-likeness (QED) is 0.852. The summed E-state index contributed by atoms with van der Waals surface area (Å²) < 4.78 is 1.38. The maximum Gasteiger partial charge on any atom is 0.275 e. The molecule has 19 heavy (non-hydrogen) atoms. The van der Waals surface area contributed by atoms with E-state index in [1.165, 1.54) is 21.9 Å². The molecule has 2 N–H and O–H groups in total. The molecule has 0 spiro atoms. The SMILES string of the molecule is Cc1cc(=O)n2nc(CN3CC(C)C(N)C3)sc2n1. The number of rotatable bonds is 2.